The molecule has 1 aromatic heterocycles. The number of ether oxygens (including phenoxy) is 2. The second-order valence-corrected chi connectivity index (χ2v) is 8.38. The van der Waals surface area contributed by atoms with Gasteiger partial charge >= 0.3 is 0 Å². The summed E-state index contributed by atoms with van der Waals surface area (Å²) in [6, 6.07) is 2.73. The molecule has 0 spiro atoms. The number of fused-ring (bicyclic) bond motifs is 3. The molecule has 3 heterocycles. The quantitative estimate of drug-likeness (QED) is 0.613. The number of likely N-dealkylation sites (tertiary alicyclic amines) is 1. The molecule has 1 fully saturated rings. The van der Waals surface area contributed by atoms with Crippen LogP contribution in [0.3, 0.4) is 0 Å². The number of rotatable bonds is 3. The number of thiazole rings is 1. The van der Waals surface area contributed by atoms with Crippen molar-refractivity contribution in [2.75, 3.05) is 18.5 Å². The minimum Gasteiger partial charge on any atom is -0.486 e. The average molecular weight is 413 g/mol. The first kappa shape index (κ1) is 18.1. The van der Waals surface area contributed by atoms with E-state index in [2.05, 4.69) is 10.3 Å². The molecule has 0 bridgehead atoms. The van der Waals surface area contributed by atoms with Gasteiger partial charge in [0.15, 0.2) is 16.6 Å². The molecule has 150 valence electrons. The number of allylic oxidation sites excluding steroid dienone is 2. The van der Waals surface area contributed by atoms with Crippen LogP contribution < -0.4 is 14.8 Å². The summed E-state index contributed by atoms with van der Waals surface area (Å²) in [5.41, 5.74) is 0.688. The zero-order valence-corrected chi connectivity index (χ0v) is 16.5. The van der Waals surface area contributed by atoms with Crippen molar-refractivity contribution in [1.82, 2.24) is 9.88 Å². The first-order valence-electron chi connectivity index (χ1n) is 9.56. The van der Waals surface area contributed by atoms with Crippen molar-refractivity contribution in [2.45, 2.75) is 25.8 Å². The Hall–Kier alpha value is -2.94. The summed E-state index contributed by atoms with van der Waals surface area (Å²) in [6.07, 6.45) is 4.95. The Bertz CT molecular complexity index is 993. The fourth-order valence-corrected chi connectivity index (χ4v) is 4.93. The fourth-order valence-electron chi connectivity index (χ4n) is 4.05. The van der Waals surface area contributed by atoms with Crippen LogP contribution in [-0.4, -0.2) is 46.9 Å². The summed E-state index contributed by atoms with van der Waals surface area (Å²) in [5.74, 6) is -0.382. The van der Waals surface area contributed by atoms with Crippen molar-refractivity contribution in [2.24, 2.45) is 11.8 Å². The van der Waals surface area contributed by atoms with Gasteiger partial charge in [-0.2, -0.15) is 0 Å². The lowest BCUT2D eigenvalue weighted by Crippen LogP contribution is -2.46. The number of nitrogens with zero attached hydrogens (tertiary/aromatic N) is 2. The van der Waals surface area contributed by atoms with Crippen molar-refractivity contribution in [1.29, 1.82) is 0 Å². The van der Waals surface area contributed by atoms with Crippen molar-refractivity contribution in [3.05, 3.63) is 24.3 Å². The lowest BCUT2D eigenvalue weighted by molar-refractivity contribution is -0.146. The van der Waals surface area contributed by atoms with E-state index in [1.54, 1.807) is 13.0 Å². The van der Waals surface area contributed by atoms with Gasteiger partial charge in [0, 0.05) is 12.1 Å². The highest BCUT2D eigenvalue weighted by atomic mass is 32.1. The van der Waals surface area contributed by atoms with Gasteiger partial charge in [0.25, 0.3) is 0 Å². The number of carbonyl (C=O) groups is 3. The maximum absolute atomic E-state index is 12.8. The molecule has 8 nitrogen and oxygen atoms in total. The second kappa shape index (κ2) is 6.84. The Morgan fingerprint density at radius 2 is 1.76 bits per heavy atom. The lowest BCUT2D eigenvalue weighted by atomic mass is 9.85. The Balaban J connectivity index is 1.35. The number of nitrogens with one attached hydrogen (secondary N) is 1. The second-order valence-electron chi connectivity index (χ2n) is 7.35. The molecule has 1 N–H and O–H groups in total. The van der Waals surface area contributed by atoms with Crippen molar-refractivity contribution < 1.29 is 23.9 Å². The van der Waals surface area contributed by atoms with Gasteiger partial charge in [0.2, 0.25) is 17.7 Å². The summed E-state index contributed by atoms with van der Waals surface area (Å²) in [5, 5.41) is 3.15. The summed E-state index contributed by atoms with van der Waals surface area (Å²) in [6.45, 7) is 2.55. The van der Waals surface area contributed by atoms with Gasteiger partial charge in [-0.3, -0.25) is 19.3 Å². The van der Waals surface area contributed by atoms with E-state index in [9.17, 15) is 14.4 Å². The maximum atomic E-state index is 12.8. The molecule has 1 saturated heterocycles. The lowest BCUT2D eigenvalue weighted by Gasteiger charge is -2.21. The average Bonchev–Trinajstić information content (AvgIpc) is 3.23. The van der Waals surface area contributed by atoms with E-state index in [-0.39, 0.29) is 23.7 Å². The molecule has 2 aliphatic heterocycles. The molecule has 3 amide bonds. The Labute approximate surface area is 170 Å². The van der Waals surface area contributed by atoms with E-state index in [1.807, 2.05) is 18.2 Å². The van der Waals surface area contributed by atoms with E-state index in [0.717, 1.165) is 9.60 Å². The molecule has 2 aromatic rings. The van der Waals surface area contributed by atoms with Crippen LogP contribution in [0.1, 0.15) is 19.8 Å². The molecule has 3 aliphatic rings. The minimum absolute atomic E-state index is 0.265. The zero-order valence-electron chi connectivity index (χ0n) is 15.7. The molecule has 29 heavy (non-hydrogen) atoms. The third kappa shape index (κ3) is 2.96. The van der Waals surface area contributed by atoms with E-state index >= 15 is 0 Å². The summed E-state index contributed by atoms with van der Waals surface area (Å²) >= 11 is 1.30. The molecular formula is C20H19N3O5S. The van der Waals surface area contributed by atoms with Gasteiger partial charge in [-0.05, 0) is 19.8 Å². The number of amides is 3. The molecular weight excluding hydrogens is 394 g/mol. The van der Waals surface area contributed by atoms with Crippen molar-refractivity contribution >= 4 is 44.4 Å². The van der Waals surface area contributed by atoms with Crippen LogP contribution in [0.5, 0.6) is 11.5 Å². The molecule has 9 heteroatoms. The molecule has 5 rings (SSSR count). The Morgan fingerprint density at radius 3 is 2.41 bits per heavy atom. The van der Waals surface area contributed by atoms with E-state index < -0.39 is 11.9 Å². The SMILES string of the molecule is C[C@@H](C(=O)Nc1nc2cc3c(cc2s1)OCCO3)N1C(=O)[C@H]2CC=CC[C@H]2C1=O. The number of aromatic nitrogens is 1. The smallest absolute Gasteiger partial charge is 0.249 e. The number of benzene rings is 1. The van der Waals surface area contributed by atoms with Gasteiger partial charge in [-0.15, -0.1) is 0 Å². The van der Waals surface area contributed by atoms with E-state index in [0.29, 0.717) is 48.2 Å². The van der Waals surface area contributed by atoms with Crippen LogP contribution in [-0.2, 0) is 14.4 Å². The highest BCUT2D eigenvalue weighted by Crippen LogP contribution is 2.39. The summed E-state index contributed by atoms with van der Waals surface area (Å²) in [4.78, 5) is 43.7. The summed E-state index contributed by atoms with van der Waals surface area (Å²) < 4.78 is 12.0. The highest BCUT2D eigenvalue weighted by molar-refractivity contribution is 7.22. The molecule has 0 saturated carbocycles. The number of anilines is 1. The van der Waals surface area contributed by atoms with Crippen LogP contribution in [0.15, 0.2) is 24.3 Å². The zero-order chi connectivity index (χ0) is 20.1. The van der Waals surface area contributed by atoms with Crippen LogP contribution in [0, 0.1) is 11.8 Å². The van der Waals surface area contributed by atoms with E-state index in [1.165, 1.54) is 11.3 Å². The third-order valence-electron chi connectivity index (χ3n) is 5.59. The summed E-state index contributed by atoms with van der Waals surface area (Å²) in [7, 11) is 0. The van der Waals surface area contributed by atoms with Crippen LogP contribution in [0.2, 0.25) is 0 Å². The first-order chi connectivity index (χ1) is 14.0. The Morgan fingerprint density at radius 1 is 1.14 bits per heavy atom. The normalized spacial score (nSPS) is 24.0. The largest absolute Gasteiger partial charge is 0.486 e. The van der Waals surface area contributed by atoms with Crippen LogP contribution in [0.25, 0.3) is 10.2 Å². The number of carbonyl (C=O) groups excluding carboxylic acids is 3. The predicted molar refractivity (Wildman–Crippen MR) is 106 cm³/mol. The van der Waals surface area contributed by atoms with Crippen LogP contribution in [0.4, 0.5) is 5.13 Å². The minimum atomic E-state index is -0.896. The van der Waals surface area contributed by atoms with E-state index in [4.69, 9.17) is 9.47 Å². The van der Waals surface area contributed by atoms with Gasteiger partial charge in [0.05, 0.1) is 22.1 Å². The van der Waals surface area contributed by atoms with Gasteiger partial charge in [-0.1, -0.05) is 23.5 Å². The Kier molecular flexibility index (Phi) is 4.27. The fraction of sp³-hybridized carbons (Fsp3) is 0.400. The maximum Gasteiger partial charge on any atom is 0.249 e. The highest BCUT2D eigenvalue weighted by Gasteiger charge is 2.50. The first-order valence-corrected chi connectivity index (χ1v) is 10.4. The predicted octanol–water partition coefficient (Wildman–Crippen LogP) is 2.35. The number of imide groups is 1. The third-order valence-corrected chi connectivity index (χ3v) is 6.52. The number of hydrogen-bond acceptors (Lipinski definition) is 7. The van der Waals surface area contributed by atoms with Crippen LogP contribution >= 0.6 is 11.3 Å². The van der Waals surface area contributed by atoms with Gasteiger partial charge < -0.3 is 14.8 Å². The van der Waals surface area contributed by atoms with Crippen molar-refractivity contribution in [3.8, 4) is 11.5 Å². The molecule has 1 aliphatic carbocycles. The van der Waals surface area contributed by atoms with Crippen molar-refractivity contribution in [3.63, 3.8) is 0 Å². The standard InChI is InChI=1S/C20H19N3O5S/c1-10(23-18(25)11-4-2-3-5-12(11)19(23)26)17(24)22-20-21-13-8-14-15(9-16(13)29-20)28-7-6-27-14/h2-3,8-12H,4-7H2,1H3,(H,21,22,24)/t10-,11-,12+/m0/s1. The van der Waals surface area contributed by atoms with Gasteiger partial charge in [0.1, 0.15) is 19.3 Å². The van der Waals surface area contributed by atoms with Gasteiger partial charge in [-0.25, -0.2) is 4.98 Å². The topological polar surface area (TPSA) is 97.8 Å². The monoisotopic (exact) mass is 413 g/mol. The molecule has 0 unspecified atom stereocenters. The molecule has 1 aromatic carbocycles. The molecule has 3 atom stereocenters. The number of hydrogen-bond donors (Lipinski definition) is 1. The molecule has 0 radical (unpaired) electrons.